The molecule has 0 saturated carbocycles. The van der Waals surface area contributed by atoms with Gasteiger partial charge in [0.25, 0.3) is 0 Å². The van der Waals surface area contributed by atoms with Crippen molar-refractivity contribution < 1.29 is 28.2 Å². The molecule has 9 nitrogen and oxygen atoms in total. The second-order valence-electron chi connectivity index (χ2n) is 9.26. The Morgan fingerprint density at radius 2 is 1.71 bits per heavy atom. The number of para-hydroxylation sites is 1. The molecule has 3 aromatic rings. The van der Waals surface area contributed by atoms with Gasteiger partial charge in [-0.25, -0.2) is 8.42 Å². The Morgan fingerprint density at radius 1 is 1.03 bits per heavy atom. The van der Waals surface area contributed by atoms with Crippen LogP contribution in [0.5, 0.6) is 11.5 Å². The predicted molar refractivity (Wildman–Crippen MR) is 148 cm³/mol. The maximum atomic E-state index is 12.4. The normalized spacial score (nSPS) is 12.9. The topological polar surface area (TPSA) is 137 Å². The summed E-state index contributed by atoms with van der Waals surface area (Å²) in [5, 5.41) is 26.6. The van der Waals surface area contributed by atoms with Crippen molar-refractivity contribution in [3.63, 3.8) is 0 Å². The number of benzene rings is 3. The van der Waals surface area contributed by atoms with E-state index in [2.05, 4.69) is 15.4 Å². The van der Waals surface area contributed by atoms with Gasteiger partial charge in [0.2, 0.25) is 15.9 Å². The first-order valence-corrected chi connectivity index (χ1v) is 14.1. The number of aliphatic hydroxyl groups is 1. The maximum absolute atomic E-state index is 12.4. The molecule has 0 saturated heterocycles. The first-order valence-electron chi connectivity index (χ1n) is 12.2. The van der Waals surface area contributed by atoms with Gasteiger partial charge in [-0.15, -0.1) is 0 Å². The molecule has 5 N–H and O–H groups in total. The lowest BCUT2D eigenvalue weighted by atomic mass is 10.0. The van der Waals surface area contributed by atoms with Gasteiger partial charge in [0, 0.05) is 24.7 Å². The molecular weight excluding hydrogens is 506 g/mol. The van der Waals surface area contributed by atoms with Crippen molar-refractivity contribution in [2.75, 3.05) is 24.6 Å². The number of aromatic hydroxyl groups is 1. The van der Waals surface area contributed by atoms with Crippen LogP contribution in [0.4, 0.5) is 5.69 Å². The summed E-state index contributed by atoms with van der Waals surface area (Å²) in [4.78, 5) is 12.4. The molecule has 0 aliphatic heterocycles. The van der Waals surface area contributed by atoms with Crippen molar-refractivity contribution in [1.82, 2.24) is 10.6 Å². The van der Waals surface area contributed by atoms with Gasteiger partial charge in [0.1, 0.15) is 11.5 Å². The molecule has 204 valence electrons. The number of aliphatic hydroxyl groups excluding tert-OH is 1. The van der Waals surface area contributed by atoms with E-state index < -0.39 is 16.1 Å². The minimum absolute atomic E-state index is 0.0191. The van der Waals surface area contributed by atoms with Crippen LogP contribution in [-0.4, -0.2) is 50.5 Å². The highest BCUT2D eigenvalue weighted by Crippen LogP contribution is 2.27. The van der Waals surface area contributed by atoms with E-state index in [9.17, 15) is 23.4 Å². The highest BCUT2D eigenvalue weighted by molar-refractivity contribution is 7.92. The summed E-state index contributed by atoms with van der Waals surface area (Å²) >= 11 is 0. The second-order valence-corrected chi connectivity index (χ2v) is 11.0. The standard InChI is InChI=1S/C28H35N3O6S/c1-19(29-18-26(33)22-12-13-25(32)24(16-22)31-38(3,35)36)14-20-8-10-21(11-9-20)15-28(34)30-17-23-6-4-5-7-27(23)37-2/h4-13,16,19,26,29,31-33H,14-15,17-18H2,1-3H3,(H,30,34)/t19-,26-/m1/s1. The average molecular weight is 542 g/mol. The van der Waals surface area contributed by atoms with Gasteiger partial charge >= 0.3 is 0 Å². The van der Waals surface area contributed by atoms with Crippen LogP contribution in [0.1, 0.15) is 35.3 Å². The van der Waals surface area contributed by atoms with Crippen molar-refractivity contribution in [1.29, 1.82) is 0 Å². The lowest BCUT2D eigenvalue weighted by Gasteiger charge is -2.18. The monoisotopic (exact) mass is 541 g/mol. The Labute approximate surface area is 223 Å². The molecule has 10 heteroatoms. The molecule has 38 heavy (non-hydrogen) atoms. The van der Waals surface area contributed by atoms with Crippen LogP contribution in [0.2, 0.25) is 0 Å². The van der Waals surface area contributed by atoms with E-state index >= 15 is 0 Å². The van der Waals surface area contributed by atoms with E-state index in [0.29, 0.717) is 18.5 Å². The quantitative estimate of drug-likeness (QED) is 0.210. The van der Waals surface area contributed by atoms with E-state index in [1.54, 1.807) is 13.2 Å². The fraction of sp³-hybridized carbons (Fsp3) is 0.321. The third-order valence-corrected chi connectivity index (χ3v) is 6.55. The van der Waals surface area contributed by atoms with E-state index in [-0.39, 0.29) is 36.4 Å². The van der Waals surface area contributed by atoms with Crippen molar-refractivity contribution in [3.8, 4) is 11.5 Å². The minimum atomic E-state index is -3.56. The van der Waals surface area contributed by atoms with Gasteiger partial charge in [-0.1, -0.05) is 48.5 Å². The molecule has 0 spiro atoms. The molecule has 0 aliphatic carbocycles. The Kier molecular flexibility index (Phi) is 10.1. The van der Waals surface area contributed by atoms with Crippen LogP contribution in [0.3, 0.4) is 0 Å². The highest BCUT2D eigenvalue weighted by atomic mass is 32.2. The van der Waals surface area contributed by atoms with Crippen molar-refractivity contribution >= 4 is 21.6 Å². The predicted octanol–water partition coefficient (Wildman–Crippen LogP) is 2.89. The molecule has 1 amide bonds. The third-order valence-electron chi connectivity index (χ3n) is 5.96. The van der Waals surface area contributed by atoms with Crippen molar-refractivity contribution in [3.05, 3.63) is 89.0 Å². The molecule has 3 aromatic carbocycles. The summed E-state index contributed by atoms with van der Waals surface area (Å²) in [6, 6.07) is 19.8. The number of amides is 1. The van der Waals surface area contributed by atoms with E-state index in [4.69, 9.17) is 4.74 Å². The molecule has 0 fully saturated rings. The summed E-state index contributed by atoms with van der Waals surface area (Å²) in [5.74, 6) is 0.450. The van der Waals surface area contributed by atoms with Crippen molar-refractivity contribution in [2.45, 2.75) is 38.5 Å². The van der Waals surface area contributed by atoms with E-state index in [1.165, 1.54) is 12.1 Å². The van der Waals surface area contributed by atoms with Gasteiger partial charge in [-0.2, -0.15) is 0 Å². The summed E-state index contributed by atoms with van der Waals surface area (Å²) < 4.78 is 30.5. The number of carbonyl (C=O) groups excluding carboxylic acids is 1. The van der Waals surface area contributed by atoms with Crippen LogP contribution in [0, 0.1) is 0 Å². The highest BCUT2D eigenvalue weighted by Gasteiger charge is 2.14. The van der Waals surface area contributed by atoms with Gasteiger partial charge < -0.3 is 25.6 Å². The summed E-state index contributed by atoms with van der Waals surface area (Å²) in [5.41, 5.74) is 3.41. The number of rotatable bonds is 13. The number of hydrogen-bond donors (Lipinski definition) is 5. The third kappa shape index (κ3) is 9.05. The molecule has 0 bridgehead atoms. The zero-order valence-electron chi connectivity index (χ0n) is 21.8. The molecule has 0 aliphatic rings. The number of sulfonamides is 1. The smallest absolute Gasteiger partial charge is 0.229 e. The number of carbonyl (C=O) groups is 1. The fourth-order valence-electron chi connectivity index (χ4n) is 3.98. The lowest BCUT2D eigenvalue weighted by Crippen LogP contribution is -2.32. The number of ether oxygens (including phenoxy) is 1. The Hall–Kier alpha value is -3.60. The van der Waals surface area contributed by atoms with Gasteiger partial charge in [-0.3, -0.25) is 9.52 Å². The number of anilines is 1. The molecule has 2 atom stereocenters. The summed E-state index contributed by atoms with van der Waals surface area (Å²) in [7, 11) is -1.96. The molecular formula is C28H35N3O6S. The van der Waals surface area contributed by atoms with Crippen LogP contribution >= 0.6 is 0 Å². The molecule has 0 heterocycles. The minimum Gasteiger partial charge on any atom is -0.506 e. The fourth-order valence-corrected chi connectivity index (χ4v) is 4.55. The first kappa shape index (κ1) is 29.0. The maximum Gasteiger partial charge on any atom is 0.229 e. The van der Waals surface area contributed by atoms with Gasteiger partial charge in [-0.05, 0) is 48.2 Å². The summed E-state index contributed by atoms with van der Waals surface area (Å²) in [6.45, 7) is 2.64. The van der Waals surface area contributed by atoms with E-state index in [0.717, 1.165) is 28.7 Å². The number of hydrogen-bond acceptors (Lipinski definition) is 7. The Balaban J connectivity index is 1.46. The zero-order chi connectivity index (χ0) is 27.7. The SMILES string of the molecule is COc1ccccc1CNC(=O)Cc1ccc(C[C@@H](C)NC[C@@H](O)c2ccc(O)c(NS(C)(=O)=O)c2)cc1. The van der Waals surface area contributed by atoms with Crippen LogP contribution in [0.25, 0.3) is 0 Å². The molecule has 3 rings (SSSR count). The number of methoxy groups -OCH3 is 1. The van der Waals surface area contributed by atoms with Crippen LogP contribution in [0.15, 0.2) is 66.7 Å². The largest absolute Gasteiger partial charge is 0.506 e. The van der Waals surface area contributed by atoms with Crippen molar-refractivity contribution in [2.24, 2.45) is 0 Å². The molecule has 0 unspecified atom stereocenters. The number of nitrogens with one attached hydrogen (secondary N) is 3. The van der Waals surface area contributed by atoms with Gasteiger partial charge in [0.15, 0.2) is 0 Å². The van der Waals surface area contributed by atoms with Crippen LogP contribution < -0.4 is 20.1 Å². The van der Waals surface area contributed by atoms with Crippen LogP contribution in [-0.2, 0) is 34.2 Å². The first-order chi connectivity index (χ1) is 18.0. The number of phenols is 1. The zero-order valence-corrected chi connectivity index (χ0v) is 22.6. The molecule has 0 radical (unpaired) electrons. The lowest BCUT2D eigenvalue weighted by molar-refractivity contribution is -0.120. The second kappa shape index (κ2) is 13.3. The van der Waals surface area contributed by atoms with Gasteiger partial charge in [0.05, 0.1) is 31.6 Å². The summed E-state index contributed by atoms with van der Waals surface area (Å²) in [6.07, 6.45) is 1.08. The number of phenolic OH excluding ortho intramolecular Hbond substituents is 1. The molecule has 0 aromatic heterocycles. The Morgan fingerprint density at radius 3 is 2.39 bits per heavy atom. The Bertz CT molecular complexity index is 1330. The average Bonchev–Trinajstić information content (AvgIpc) is 2.88. The van der Waals surface area contributed by atoms with E-state index in [1.807, 2.05) is 55.5 Å².